The lowest BCUT2D eigenvalue weighted by Gasteiger charge is -2.38. The molecule has 1 saturated carbocycles. The molecule has 26 heavy (non-hydrogen) atoms. The van der Waals surface area contributed by atoms with Crippen molar-refractivity contribution in [3.63, 3.8) is 0 Å². The van der Waals surface area contributed by atoms with Crippen molar-refractivity contribution in [2.24, 2.45) is 5.92 Å². The average molecular weight is 376 g/mol. The van der Waals surface area contributed by atoms with Crippen LogP contribution >= 0.6 is 11.3 Å². The van der Waals surface area contributed by atoms with E-state index in [0.29, 0.717) is 30.8 Å². The van der Waals surface area contributed by atoms with E-state index in [1.54, 1.807) is 24.9 Å². The third-order valence-corrected chi connectivity index (χ3v) is 5.31. The van der Waals surface area contributed by atoms with Crippen molar-refractivity contribution in [3.8, 4) is 5.75 Å². The molecule has 0 saturated heterocycles. The van der Waals surface area contributed by atoms with Crippen LogP contribution in [0.5, 0.6) is 5.75 Å². The van der Waals surface area contributed by atoms with Gasteiger partial charge < -0.3 is 20.1 Å². The highest BCUT2D eigenvalue weighted by molar-refractivity contribution is 7.09. The summed E-state index contributed by atoms with van der Waals surface area (Å²) >= 11 is 1.48. The van der Waals surface area contributed by atoms with Gasteiger partial charge in [0.1, 0.15) is 16.5 Å². The Balaban J connectivity index is 1.77. The zero-order valence-electron chi connectivity index (χ0n) is 15.2. The molecule has 2 aromatic heterocycles. The maximum atomic E-state index is 12.7. The van der Waals surface area contributed by atoms with Gasteiger partial charge in [0.25, 0.3) is 5.91 Å². The largest absolute Gasteiger partial charge is 0.495 e. The summed E-state index contributed by atoms with van der Waals surface area (Å²) < 4.78 is 5.25. The molecule has 1 unspecified atom stereocenters. The number of ether oxygens (including phenoxy) is 1. The second kappa shape index (κ2) is 8.11. The summed E-state index contributed by atoms with van der Waals surface area (Å²) in [5.41, 5.74) is 1.30. The van der Waals surface area contributed by atoms with Crippen LogP contribution in [0.4, 0.5) is 0 Å². The molecule has 1 aliphatic carbocycles. The maximum Gasteiger partial charge on any atom is 0.271 e. The fraction of sp³-hybridized carbons (Fsp3) is 0.500. The third-order valence-electron chi connectivity index (χ3n) is 4.47. The number of hydrogen-bond acceptors (Lipinski definition) is 7. The first-order chi connectivity index (χ1) is 12.5. The highest BCUT2D eigenvalue weighted by atomic mass is 32.1. The van der Waals surface area contributed by atoms with Crippen LogP contribution in [0, 0.1) is 5.92 Å². The van der Waals surface area contributed by atoms with Gasteiger partial charge in [-0.05, 0) is 44.5 Å². The van der Waals surface area contributed by atoms with Gasteiger partial charge in [-0.15, -0.1) is 11.3 Å². The van der Waals surface area contributed by atoms with Crippen LogP contribution in [0.2, 0.25) is 0 Å². The number of aliphatic hydroxyl groups is 1. The number of amides is 1. The molecule has 2 N–H and O–H groups in total. The minimum Gasteiger partial charge on any atom is -0.495 e. The van der Waals surface area contributed by atoms with Crippen LogP contribution in [0.25, 0.3) is 0 Å². The van der Waals surface area contributed by atoms with Crippen LogP contribution in [-0.4, -0.2) is 53.2 Å². The van der Waals surface area contributed by atoms with E-state index in [1.807, 2.05) is 25.1 Å². The van der Waals surface area contributed by atoms with Crippen LogP contribution in [0.15, 0.2) is 23.8 Å². The van der Waals surface area contributed by atoms with Crippen molar-refractivity contribution in [3.05, 3.63) is 40.1 Å². The zero-order valence-corrected chi connectivity index (χ0v) is 16.0. The first-order valence-corrected chi connectivity index (χ1v) is 9.41. The van der Waals surface area contributed by atoms with E-state index in [1.165, 1.54) is 11.3 Å². The van der Waals surface area contributed by atoms with E-state index in [9.17, 15) is 9.90 Å². The lowest BCUT2D eigenvalue weighted by molar-refractivity contribution is 0.0234. The van der Waals surface area contributed by atoms with E-state index >= 15 is 0 Å². The Bertz CT molecular complexity index is 758. The van der Waals surface area contributed by atoms with Crippen molar-refractivity contribution < 1.29 is 14.6 Å². The van der Waals surface area contributed by atoms with Crippen LogP contribution in [-0.2, 0) is 6.54 Å². The van der Waals surface area contributed by atoms with E-state index in [0.717, 1.165) is 10.6 Å². The number of nitrogens with one attached hydrogen (secondary N) is 1. The Kier molecular flexibility index (Phi) is 5.85. The number of aliphatic hydroxyl groups excluding tert-OH is 1. The Morgan fingerprint density at radius 2 is 2.23 bits per heavy atom. The van der Waals surface area contributed by atoms with Gasteiger partial charge in [-0.2, -0.15) is 0 Å². The standard InChI is InChI=1S/C18H24N4O3S/c1-22(2)9-16-20-15(10-26-16)18(24)21-17(11-4-13(23)5-11)12-6-14(25-3)8-19-7-12/h6-8,10-11,13,17,23H,4-5,9H2,1-3H3,(H,21,24). The molecule has 8 heteroatoms. The summed E-state index contributed by atoms with van der Waals surface area (Å²) in [4.78, 5) is 23.3. The normalized spacial score (nSPS) is 20.5. The molecule has 0 bridgehead atoms. The Hall–Kier alpha value is -2.03. The quantitative estimate of drug-likeness (QED) is 0.767. The molecule has 7 nitrogen and oxygen atoms in total. The second-order valence-electron chi connectivity index (χ2n) is 6.86. The number of hydrogen-bond donors (Lipinski definition) is 2. The molecule has 2 heterocycles. The zero-order chi connectivity index (χ0) is 18.7. The minimum atomic E-state index is -0.302. The smallest absolute Gasteiger partial charge is 0.271 e. The number of thiazole rings is 1. The lowest BCUT2D eigenvalue weighted by Crippen LogP contribution is -2.41. The second-order valence-corrected chi connectivity index (χ2v) is 7.80. The molecule has 3 rings (SSSR count). The number of methoxy groups -OCH3 is 1. The summed E-state index contributed by atoms with van der Waals surface area (Å²) in [6.07, 6.45) is 4.38. The number of carbonyl (C=O) groups is 1. The molecule has 0 aliphatic heterocycles. The first-order valence-electron chi connectivity index (χ1n) is 8.53. The number of carbonyl (C=O) groups excluding carboxylic acids is 1. The van der Waals surface area contributed by atoms with Crippen LogP contribution in [0.1, 0.15) is 39.9 Å². The fourth-order valence-electron chi connectivity index (χ4n) is 3.07. The molecule has 0 aromatic carbocycles. The van der Waals surface area contributed by atoms with E-state index < -0.39 is 0 Å². The molecule has 1 atom stereocenters. The molecule has 0 spiro atoms. The minimum absolute atomic E-state index is 0.169. The van der Waals surface area contributed by atoms with Gasteiger partial charge in [-0.3, -0.25) is 9.78 Å². The summed E-state index contributed by atoms with van der Waals surface area (Å²) in [5.74, 6) is 0.603. The molecule has 2 aromatic rings. The molecule has 1 aliphatic rings. The maximum absolute atomic E-state index is 12.7. The molecule has 0 radical (unpaired) electrons. The highest BCUT2D eigenvalue weighted by Crippen LogP contribution is 2.38. The summed E-state index contributed by atoms with van der Waals surface area (Å²) in [6, 6.07) is 1.65. The van der Waals surface area contributed by atoms with Gasteiger partial charge >= 0.3 is 0 Å². The van der Waals surface area contributed by atoms with Crippen molar-refractivity contribution >= 4 is 17.2 Å². The number of aromatic nitrogens is 2. The van der Waals surface area contributed by atoms with E-state index in [-0.39, 0.29) is 24.0 Å². The van der Waals surface area contributed by atoms with Gasteiger partial charge in [0.05, 0.1) is 25.5 Å². The van der Waals surface area contributed by atoms with Gasteiger partial charge in [0, 0.05) is 18.1 Å². The van der Waals surface area contributed by atoms with Crippen molar-refractivity contribution in [1.82, 2.24) is 20.2 Å². The predicted octanol–water partition coefficient (Wildman–Crippen LogP) is 1.85. The number of rotatable bonds is 7. The van der Waals surface area contributed by atoms with Crippen LogP contribution in [0.3, 0.4) is 0 Å². The lowest BCUT2D eigenvalue weighted by atomic mass is 9.75. The monoisotopic (exact) mass is 376 g/mol. The van der Waals surface area contributed by atoms with Gasteiger partial charge in [-0.25, -0.2) is 4.98 Å². The van der Waals surface area contributed by atoms with E-state index in [2.05, 4.69) is 15.3 Å². The summed E-state index contributed by atoms with van der Waals surface area (Å²) in [6.45, 7) is 0.704. The van der Waals surface area contributed by atoms with Gasteiger partial charge in [0.15, 0.2) is 0 Å². The van der Waals surface area contributed by atoms with Gasteiger partial charge in [0.2, 0.25) is 0 Å². The summed E-state index contributed by atoms with van der Waals surface area (Å²) in [5, 5.41) is 15.4. The highest BCUT2D eigenvalue weighted by Gasteiger charge is 2.36. The fourth-order valence-corrected chi connectivity index (χ4v) is 3.96. The molecular weight excluding hydrogens is 352 g/mol. The topological polar surface area (TPSA) is 87.6 Å². The van der Waals surface area contributed by atoms with Gasteiger partial charge in [-0.1, -0.05) is 0 Å². The Morgan fingerprint density at radius 1 is 1.46 bits per heavy atom. The van der Waals surface area contributed by atoms with Crippen molar-refractivity contribution in [2.75, 3.05) is 21.2 Å². The SMILES string of the molecule is COc1cncc(C(NC(=O)c2csc(CN(C)C)n2)C2CC(O)C2)c1. The first kappa shape index (κ1) is 18.8. The van der Waals surface area contributed by atoms with E-state index in [4.69, 9.17) is 4.74 Å². The average Bonchev–Trinajstić information content (AvgIpc) is 3.05. The molecule has 1 amide bonds. The Morgan fingerprint density at radius 3 is 2.88 bits per heavy atom. The third kappa shape index (κ3) is 4.38. The van der Waals surface area contributed by atoms with Crippen molar-refractivity contribution in [1.29, 1.82) is 0 Å². The Labute approximate surface area is 157 Å². The molecular formula is C18H24N4O3S. The van der Waals surface area contributed by atoms with Crippen LogP contribution < -0.4 is 10.1 Å². The molecule has 1 fully saturated rings. The number of nitrogens with zero attached hydrogens (tertiary/aromatic N) is 3. The number of pyridine rings is 1. The summed E-state index contributed by atoms with van der Waals surface area (Å²) in [7, 11) is 5.52. The molecule has 140 valence electrons. The predicted molar refractivity (Wildman–Crippen MR) is 99.2 cm³/mol. The van der Waals surface area contributed by atoms with Crippen molar-refractivity contribution in [2.45, 2.75) is 31.5 Å².